The van der Waals surface area contributed by atoms with Crippen molar-refractivity contribution in [1.29, 1.82) is 0 Å². The zero-order valence-corrected chi connectivity index (χ0v) is 17.2. The van der Waals surface area contributed by atoms with Gasteiger partial charge in [0.2, 0.25) is 6.79 Å². The van der Waals surface area contributed by atoms with E-state index in [1.54, 1.807) is 35.2 Å². The van der Waals surface area contributed by atoms with E-state index in [-0.39, 0.29) is 18.4 Å². The summed E-state index contributed by atoms with van der Waals surface area (Å²) in [6.45, 7) is 0.189. The number of carbonyl (C=O) groups excluding carboxylic acids is 1. The molecular formula is C23H15BrN2O4. The molecule has 1 amide bonds. The van der Waals surface area contributed by atoms with Gasteiger partial charge in [0.05, 0.1) is 5.69 Å². The summed E-state index contributed by atoms with van der Waals surface area (Å²) in [5, 5.41) is 9.63. The van der Waals surface area contributed by atoms with Crippen molar-refractivity contribution in [2.24, 2.45) is 4.99 Å². The molecule has 0 radical (unpaired) electrons. The van der Waals surface area contributed by atoms with Gasteiger partial charge in [-0.1, -0.05) is 34.1 Å². The maximum atomic E-state index is 13.3. The molecule has 6 nitrogen and oxygen atoms in total. The molecular weight excluding hydrogens is 448 g/mol. The maximum Gasteiger partial charge on any atom is 0.282 e. The summed E-state index contributed by atoms with van der Waals surface area (Å²) in [5.41, 5.74) is 2.51. The first kappa shape index (κ1) is 18.4. The normalized spacial score (nSPS) is 16.3. The van der Waals surface area contributed by atoms with E-state index in [9.17, 15) is 9.90 Å². The standard InChI is InChI=1S/C23H15BrN2O4/c24-16-4-2-15(3-5-16)22-25-19(11-14-1-10-20-21(12-14)30-13-29-20)23(28)26(22)17-6-8-18(27)9-7-17/h1-12,27H,13H2/b19-11+. The van der Waals surface area contributed by atoms with Gasteiger partial charge in [-0.15, -0.1) is 0 Å². The van der Waals surface area contributed by atoms with Gasteiger partial charge in [0.1, 0.15) is 17.3 Å². The molecule has 0 fully saturated rings. The third-order valence-electron chi connectivity index (χ3n) is 4.77. The van der Waals surface area contributed by atoms with E-state index in [1.165, 1.54) is 0 Å². The Labute approximate surface area is 180 Å². The summed E-state index contributed by atoms with van der Waals surface area (Å²) >= 11 is 3.43. The van der Waals surface area contributed by atoms with Gasteiger partial charge >= 0.3 is 0 Å². The summed E-state index contributed by atoms with van der Waals surface area (Å²) in [4.78, 5) is 19.5. The number of phenols is 1. The first-order valence-electron chi connectivity index (χ1n) is 9.18. The van der Waals surface area contributed by atoms with E-state index in [0.717, 1.165) is 15.6 Å². The smallest absolute Gasteiger partial charge is 0.282 e. The van der Waals surface area contributed by atoms with Crippen LogP contribution in [0.3, 0.4) is 0 Å². The SMILES string of the molecule is O=C1/C(=C\c2ccc3c(c2)OCO3)N=C(c2ccc(Br)cc2)N1c1ccc(O)cc1. The van der Waals surface area contributed by atoms with Crippen molar-refractivity contribution >= 4 is 39.4 Å². The van der Waals surface area contributed by atoms with E-state index in [1.807, 2.05) is 42.5 Å². The number of halogens is 1. The summed E-state index contributed by atoms with van der Waals surface area (Å²) in [6.07, 6.45) is 1.73. The molecule has 1 N–H and O–H groups in total. The van der Waals surface area contributed by atoms with Gasteiger partial charge in [0.15, 0.2) is 11.5 Å². The third-order valence-corrected chi connectivity index (χ3v) is 5.30. The van der Waals surface area contributed by atoms with Crippen LogP contribution in [-0.4, -0.2) is 23.6 Å². The lowest BCUT2D eigenvalue weighted by atomic mass is 10.1. The van der Waals surface area contributed by atoms with Crippen LogP contribution < -0.4 is 14.4 Å². The lowest BCUT2D eigenvalue weighted by Gasteiger charge is -2.18. The zero-order valence-electron chi connectivity index (χ0n) is 15.6. The molecule has 0 saturated carbocycles. The van der Waals surface area contributed by atoms with Gasteiger partial charge in [-0.05, 0) is 60.2 Å². The second-order valence-corrected chi connectivity index (χ2v) is 7.66. The van der Waals surface area contributed by atoms with Gasteiger partial charge in [-0.2, -0.15) is 0 Å². The van der Waals surface area contributed by atoms with E-state index < -0.39 is 0 Å². The molecule has 0 saturated heterocycles. The fourth-order valence-corrected chi connectivity index (χ4v) is 3.58. The number of aliphatic imine (C=N–C) groups is 1. The zero-order chi connectivity index (χ0) is 20.7. The molecule has 0 bridgehead atoms. The number of ether oxygens (including phenoxy) is 2. The van der Waals surface area contributed by atoms with Crippen LogP contribution in [0.4, 0.5) is 5.69 Å². The quantitative estimate of drug-likeness (QED) is 0.571. The Hall–Kier alpha value is -3.58. The van der Waals surface area contributed by atoms with E-state index >= 15 is 0 Å². The maximum absolute atomic E-state index is 13.3. The molecule has 3 aromatic carbocycles. The molecule has 148 valence electrons. The van der Waals surface area contributed by atoms with Gasteiger partial charge in [0, 0.05) is 10.0 Å². The molecule has 2 heterocycles. The highest BCUT2D eigenvalue weighted by molar-refractivity contribution is 9.10. The number of fused-ring (bicyclic) bond motifs is 1. The van der Waals surface area contributed by atoms with Crippen molar-refractivity contribution in [3.05, 3.63) is 88.0 Å². The number of benzene rings is 3. The molecule has 7 heteroatoms. The summed E-state index contributed by atoms with van der Waals surface area (Å²) < 4.78 is 11.7. The topological polar surface area (TPSA) is 71.4 Å². The number of amidine groups is 1. The number of aromatic hydroxyl groups is 1. The minimum atomic E-state index is -0.253. The van der Waals surface area contributed by atoms with E-state index in [4.69, 9.17) is 9.47 Å². The number of anilines is 1. The van der Waals surface area contributed by atoms with Crippen LogP contribution in [-0.2, 0) is 4.79 Å². The van der Waals surface area contributed by atoms with Crippen LogP contribution in [0.2, 0.25) is 0 Å². The Morgan fingerprint density at radius 3 is 2.47 bits per heavy atom. The molecule has 2 aliphatic rings. The highest BCUT2D eigenvalue weighted by Crippen LogP contribution is 2.34. The van der Waals surface area contributed by atoms with Crippen LogP contribution in [0, 0.1) is 0 Å². The van der Waals surface area contributed by atoms with Gasteiger partial charge in [0.25, 0.3) is 5.91 Å². The average Bonchev–Trinajstić information content (AvgIpc) is 3.34. The largest absolute Gasteiger partial charge is 0.508 e. The molecule has 30 heavy (non-hydrogen) atoms. The van der Waals surface area contributed by atoms with Gasteiger partial charge < -0.3 is 14.6 Å². The first-order valence-corrected chi connectivity index (χ1v) is 9.97. The molecule has 0 unspecified atom stereocenters. The molecule has 2 aliphatic heterocycles. The van der Waals surface area contributed by atoms with E-state index in [0.29, 0.717) is 28.7 Å². The number of carbonyl (C=O) groups is 1. The fourth-order valence-electron chi connectivity index (χ4n) is 3.31. The number of amides is 1. The van der Waals surface area contributed by atoms with Crippen LogP contribution in [0.15, 0.2) is 81.9 Å². The predicted octanol–water partition coefficient (Wildman–Crippen LogP) is 4.72. The molecule has 3 aromatic rings. The summed E-state index contributed by atoms with van der Waals surface area (Å²) in [7, 11) is 0. The van der Waals surface area contributed by atoms with Crippen molar-refractivity contribution < 1.29 is 19.4 Å². The van der Waals surface area contributed by atoms with Crippen LogP contribution in [0.1, 0.15) is 11.1 Å². The minimum Gasteiger partial charge on any atom is -0.508 e. The highest BCUT2D eigenvalue weighted by atomic mass is 79.9. The summed E-state index contributed by atoms with van der Waals surface area (Å²) in [5.74, 6) is 1.71. The first-order chi connectivity index (χ1) is 14.6. The van der Waals surface area contributed by atoms with Crippen LogP contribution >= 0.6 is 15.9 Å². The van der Waals surface area contributed by atoms with Crippen molar-refractivity contribution in [2.75, 3.05) is 11.7 Å². The van der Waals surface area contributed by atoms with Gasteiger partial charge in [-0.25, -0.2) is 4.99 Å². The second kappa shape index (κ2) is 7.35. The average molecular weight is 463 g/mol. The lowest BCUT2D eigenvalue weighted by molar-refractivity contribution is -0.113. The van der Waals surface area contributed by atoms with Crippen molar-refractivity contribution in [1.82, 2.24) is 0 Å². The van der Waals surface area contributed by atoms with Crippen LogP contribution in [0.25, 0.3) is 6.08 Å². The molecule has 5 rings (SSSR count). The molecule has 0 spiro atoms. The number of phenolic OH excluding ortho intramolecular Hbond substituents is 1. The molecule has 0 aromatic heterocycles. The predicted molar refractivity (Wildman–Crippen MR) is 117 cm³/mol. The molecule has 0 atom stereocenters. The number of hydrogen-bond acceptors (Lipinski definition) is 5. The molecule has 0 aliphatic carbocycles. The van der Waals surface area contributed by atoms with Crippen LogP contribution in [0.5, 0.6) is 17.2 Å². The van der Waals surface area contributed by atoms with Crippen molar-refractivity contribution in [3.8, 4) is 17.2 Å². The third kappa shape index (κ3) is 3.33. The Morgan fingerprint density at radius 2 is 1.70 bits per heavy atom. The summed E-state index contributed by atoms with van der Waals surface area (Å²) in [6, 6.07) is 19.5. The Balaban J connectivity index is 1.59. The van der Waals surface area contributed by atoms with Gasteiger partial charge in [-0.3, -0.25) is 9.69 Å². The Kier molecular flexibility index (Phi) is 4.52. The van der Waals surface area contributed by atoms with Crippen molar-refractivity contribution in [2.45, 2.75) is 0 Å². The monoisotopic (exact) mass is 462 g/mol. The Bertz CT molecular complexity index is 1200. The van der Waals surface area contributed by atoms with E-state index in [2.05, 4.69) is 20.9 Å². The Morgan fingerprint density at radius 1 is 0.967 bits per heavy atom. The lowest BCUT2D eigenvalue weighted by Crippen LogP contribution is -2.32. The minimum absolute atomic E-state index is 0.128. The fraction of sp³-hybridized carbons (Fsp3) is 0.0435. The van der Waals surface area contributed by atoms with Crippen molar-refractivity contribution in [3.63, 3.8) is 0 Å². The number of hydrogen-bond donors (Lipinski definition) is 1. The highest BCUT2D eigenvalue weighted by Gasteiger charge is 2.32. The number of nitrogens with zero attached hydrogens (tertiary/aromatic N) is 2. The second-order valence-electron chi connectivity index (χ2n) is 6.74. The number of rotatable bonds is 3.